The van der Waals surface area contributed by atoms with E-state index >= 15 is 0 Å². The Morgan fingerprint density at radius 3 is 2.11 bits per heavy atom. The summed E-state index contributed by atoms with van der Waals surface area (Å²) in [6.45, 7) is 3.87. The quantitative estimate of drug-likeness (QED) is 0.524. The zero-order chi connectivity index (χ0) is 12.9. The molecule has 1 aromatic rings. The van der Waals surface area contributed by atoms with Crippen LogP contribution < -0.4 is 0 Å². The first kappa shape index (κ1) is 18.4. The second-order valence-corrected chi connectivity index (χ2v) is 4.88. The lowest BCUT2D eigenvalue weighted by atomic mass is 10.1. The van der Waals surface area contributed by atoms with Crippen LogP contribution in [0.2, 0.25) is 0 Å². The SMILES string of the molecule is CCCCCCCCCCOCc1ccncc1.Cl. The summed E-state index contributed by atoms with van der Waals surface area (Å²) in [5, 5.41) is 0. The number of pyridine rings is 1. The first-order chi connectivity index (χ1) is 8.93. The fourth-order valence-electron chi connectivity index (χ4n) is 2.01. The van der Waals surface area contributed by atoms with Crippen LogP contribution in [0, 0.1) is 0 Å². The van der Waals surface area contributed by atoms with E-state index in [4.69, 9.17) is 4.74 Å². The fraction of sp³-hybridized carbons (Fsp3) is 0.688. The Morgan fingerprint density at radius 1 is 0.895 bits per heavy atom. The van der Waals surface area contributed by atoms with E-state index in [0.29, 0.717) is 0 Å². The highest BCUT2D eigenvalue weighted by Gasteiger charge is 1.94. The van der Waals surface area contributed by atoms with Gasteiger partial charge in [-0.3, -0.25) is 4.98 Å². The molecule has 1 aromatic heterocycles. The molecule has 0 N–H and O–H groups in total. The summed E-state index contributed by atoms with van der Waals surface area (Å²) in [5.74, 6) is 0. The maximum Gasteiger partial charge on any atom is 0.0717 e. The lowest BCUT2D eigenvalue weighted by Crippen LogP contribution is -1.95. The number of aromatic nitrogens is 1. The summed E-state index contributed by atoms with van der Waals surface area (Å²) in [6, 6.07) is 4.02. The summed E-state index contributed by atoms with van der Waals surface area (Å²) in [6.07, 6.45) is 14.4. The van der Waals surface area contributed by atoms with Crippen LogP contribution in [0.25, 0.3) is 0 Å². The highest BCUT2D eigenvalue weighted by atomic mass is 35.5. The van der Waals surface area contributed by atoms with Crippen LogP contribution in [-0.2, 0) is 11.3 Å². The molecule has 0 spiro atoms. The summed E-state index contributed by atoms with van der Waals surface area (Å²) >= 11 is 0. The van der Waals surface area contributed by atoms with Crippen molar-refractivity contribution in [3.8, 4) is 0 Å². The van der Waals surface area contributed by atoms with E-state index in [-0.39, 0.29) is 12.4 Å². The molecular weight excluding hydrogens is 258 g/mol. The van der Waals surface area contributed by atoms with Gasteiger partial charge in [0.05, 0.1) is 6.61 Å². The lowest BCUT2D eigenvalue weighted by Gasteiger charge is -2.04. The van der Waals surface area contributed by atoms with E-state index in [2.05, 4.69) is 11.9 Å². The minimum Gasteiger partial charge on any atom is -0.377 e. The molecular formula is C16H28ClNO. The molecule has 0 amide bonds. The van der Waals surface area contributed by atoms with Crippen molar-refractivity contribution in [1.29, 1.82) is 0 Å². The van der Waals surface area contributed by atoms with Gasteiger partial charge in [0.25, 0.3) is 0 Å². The monoisotopic (exact) mass is 285 g/mol. The molecule has 0 aliphatic heterocycles. The van der Waals surface area contributed by atoms with Crippen LogP contribution in [0.5, 0.6) is 0 Å². The van der Waals surface area contributed by atoms with Gasteiger partial charge < -0.3 is 4.74 Å². The normalized spacial score (nSPS) is 10.2. The number of halogens is 1. The van der Waals surface area contributed by atoms with Crippen LogP contribution in [-0.4, -0.2) is 11.6 Å². The first-order valence-corrected chi connectivity index (χ1v) is 7.40. The molecule has 0 unspecified atom stereocenters. The molecule has 0 fully saturated rings. The van der Waals surface area contributed by atoms with E-state index in [0.717, 1.165) is 13.2 Å². The van der Waals surface area contributed by atoms with Gasteiger partial charge >= 0.3 is 0 Å². The number of hydrogen-bond donors (Lipinski definition) is 0. The highest BCUT2D eigenvalue weighted by Crippen LogP contribution is 2.08. The van der Waals surface area contributed by atoms with Crippen molar-refractivity contribution in [1.82, 2.24) is 4.98 Å². The second kappa shape index (κ2) is 13.8. The van der Waals surface area contributed by atoms with E-state index in [1.165, 1.54) is 56.9 Å². The predicted molar refractivity (Wildman–Crippen MR) is 83.8 cm³/mol. The molecule has 0 aliphatic rings. The Kier molecular flexibility index (Phi) is 13.4. The molecule has 1 heterocycles. The van der Waals surface area contributed by atoms with E-state index < -0.39 is 0 Å². The van der Waals surface area contributed by atoms with Gasteiger partial charge in [0, 0.05) is 19.0 Å². The average Bonchev–Trinajstić information content (AvgIpc) is 2.42. The largest absolute Gasteiger partial charge is 0.377 e. The van der Waals surface area contributed by atoms with Crippen LogP contribution >= 0.6 is 12.4 Å². The molecule has 3 heteroatoms. The molecule has 0 saturated heterocycles. The van der Waals surface area contributed by atoms with Crippen molar-refractivity contribution in [3.63, 3.8) is 0 Å². The number of hydrogen-bond acceptors (Lipinski definition) is 2. The first-order valence-electron chi connectivity index (χ1n) is 7.40. The van der Waals surface area contributed by atoms with Crippen molar-refractivity contribution in [3.05, 3.63) is 30.1 Å². The van der Waals surface area contributed by atoms with Gasteiger partial charge in [-0.05, 0) is 24.1 Å². The average molecular weight is 286 g/mol. The molecule has 0 radical (unpaired) electrons. The van der Waals surface area contributed by atoms with E-state index in [1.807, 2.05) is 24.5 Å². The van der Waals surface area contributed by atoms with Crippen molar-refractivity contribution < 1.29 is 4.74 Å². The van der Waals surface area contributed by atoms with Gasteiger partial charge in [0.15, 0.2) is 0 Å². The van der Waals surface area contributed by atoms with Gasteiger partial charge in [-0.2, -0.15) is 0 Å². The Balaban J connectivity index is 0.00000324. The molecule has 0 aromatic carbocycles. The number of unbranched alkanes of at least 4 members (excludes halogenated alkanes) is 7. The number of ether oxygens (including phenoxy) is 1. The minimum atomic E-state index is 0. The fourth-order valence-corrected chi connectivity index (χ4v) is 2.01. The molecule has 0 saturated carbocycles. The van der Waals surface area contributed by atoms with Gasteiger partial charge in [0.1, 0.15) is 0 Å². The summed E-state index contributed by atoms with van der Waals surface area (Å²) < 4.78 is 5.64. The summed E-state index contributed by atoms with van der Waals surface area (Å²) in [7, 11) is 0. The summed E-state index contributed by atoms with van der Waals surface area (Å²) in [4.78, 5) is 3.99. The van der Waals surface area contributed by atoms with E-state index in [1.54, 1.807) is 0 Å². The lowest BCUT2D eigenvalue weighted by molar-refractivity contribution is 0.116. The standard InChI is InChI=1S/C16H27NO.ClH/c1-2-3-4-5-6-7-8-9-14-18-15-16-10-12-17-13-11-16;/h10-13H,2-9,14-15H2,1H3;1H. The van der Waals surface area contributed by atoms with Gasteiger partial charge in [-0.1, -0.05) is 51.9 Å². The highest BCUT2D eigenvalue weighted by molar-refractivity contribution is 5.85. The van der Waals surface area contributed by atoms with Crippen LogP contribution in [0.1, 0.15) is 63.9 Å². The smallest absolute Gasteiger partial charge is 0.0717 e. The van der Waals surface area contributed by atoms with Crippen molar-refractivity contribution in [2.75, 3.05) is 6.61 Å². The Hall–Kier alpha value is -0.600. The molecule has 110 valence electrons. The van der Waals surface area contributed by atoms with Gasteiger partial charge in [-0.25, -0.2) is 0 Å². The third-order valence-electron chi connectivity index (χ3n) is 3.16. The molecule has 19 heavy (non-hydrogen) atoms. The van der Waals surface area contributed by atoms with Crippen molar-refractivity contribution in [2.45, 2.75) is 64.9 Å². The third-order valence-corrected chi connectivity index (χ3v) is 3.16. The maximum atomic E-state index is 5.64. The topological polar surface area (TPSA) is 22.1 Å². The van der Waals surface area contributed by atoms with E-state index in [9.17, 15) is 0 Å². The Morgan fingerprint density at radius 2 is 1.47 bits per heavy atom. The molecule has 0 atom stereocenters. The Bertz CT molecular complexity index is 279. The second-order valence-electron chi connectivity index (χ2n) is 4.88. The third kappa shape index (κ3) is 11.0. The van der Waals surface area contributed by atoms with Crippen molar-refractivity contribution >= 4 is 12.4 Å². The molecule has 1 rings (SSSR count). The summed E-state index contributed by atoms with van der Waals surface area (Å²) in [5.41, 5.74) is 1.21. The Labute approximate surface area is 124 Å². The van der Waals surface area contributed by atoms with Crippen LogP contribution in [0.3, 0.4) is 0 Å². The maximum absolute atomic E-state index is 5.64. The molecule has 2 nitrogen and oxygen atoms in total. The molecule has 0 aliphatic carbocycles. The number of rotatable bonds is 11. The minimum absolute atomic E-state index is 0. The number of nitrogens with zero attached hydrogens (tertiary/aromatic N) is 1. The van der Waals surface area contributed by atoms with Gasteiger partial charge in [0.2, 0.25) is 0 Å². The van der Waals surface area contributed by atoms with Crippen LogP contribution in [0.15, 0.2) is 24.5 Å². The van der Waals surface area contributed by atoms with Crippen molar-refractivity contribution in [2.24, 2.45) is 0 Å². The predicted octanol–water partition coefficient (Wildman–Crippen LogP) is 5.16. The zero-order valence-corrected chi connectivity index (χ0v) is 13.0. The van der Waals surface area contributed by atoms with Crippen LogP contribution in [0.4, 0.5) is 0 Å². The van der Waals surface area contributed by atoms with Gasteiger partial charge in [-0.15, -0.1) is 12.4 Å². The zero-order valence-electron chi connectivity index (χ0n) is 12.1. The molecule has 0 bridgehead atoms.